The van der Waals surface area contributed by atoms with Gasteiger partial charge in [0, 0.05) is 5.69 Å². The summed E-state index contributed by atoms with van der Waals surface area (Å²) in [6.07, 6.45) is -3.66. The molecule has 2 rings (SSSR count). The van der Waals surface area contributed by atoms with Gasteiger partial charge < -0.3 is 14.8 Å². The molecule has 0 bridgehead atoms. The molecule has 1 heterocycles. The molecular weight excluding hydrogens is 329 g/mol. The van der Waals surface area contributed by atoms with Gasteiger partial charge in [-0.3, -0.25) is 10.1 Å². The molecule has 6 nitrogen and oxygen atoms in total. The van der Waals surface area contributed by atoms with Crippen molar-refractivity contribution in [3.8, 4) is 0 Å². The van der Waals surface area contributed by atoms with Crippen molar-refractivity contribution in [3.05, 3.63) is 40.8 Å². The first-order valence-corrected chi connectivity index (χ1v) is 6.09. The van der Waals surface area contributed by atoms with Gasteiger partial charge in [-0.1, -0.05) is 11.6 Å². The van der Waals surface area contributed by atoms with Gasteiger partial charge in [0.2, 0.25) is 12.6 Å². The molecule has 0 fully saturated rings. The number of halogens is 4. The minimum absolute atomic E-state index is 0.156. The Bertz CT molecular complexity index is 646. The molecule has 0 atom stereocenters. The van der Waals surface area contributed by atoms with Gasteiger partial charge in [-0.15, -0.1) is 0 Å². The molecule has 10 heteroatoms. The van der Waals surface area contributed by atoms with E-state index in [1.54, 1.807) is 0 Å². The Hall–Kier alpha value is -2.42. The summed E-state index contributed by atoms with van der Waals surface area (Å²) >= 11 is 5.45. The summed E-state index contributed by atoms with van der Waals surface area (Å²) in [6.45, 7) is -0.156. The van der Waals surface area contributed by atoms with Gasteiger partial charge in [-0.25, -0.2) is 4.79 Å². The Morgan fingerprint density at radius 3 is 2.59 bits per heavy atom. The third-order valence-corrected chi connectivity index (χ3v) is 2.78. The number of anilines is 1. The van der Waals surface area contributed by atoms with E-state index < -0.39 is 28.7 Å². The van der Waals surface area contributed by atoms with Crippen LogP contribution in [0.4, 0.5) is 23.7 Å². The average Bonchev–Trinajstić information content (AvgIpc) is 2.93. The van der Waals surface area contributed by atoms with Gasteiger partial charge in [0.05, 0.1) is 10.6 Å². The summed E-state index contributed by atoms with van der Waals surface area (Å²) in [6, 6.07) is 1.77. The number of carbonyl (C=O) groups excluding carboxylic acids is 2. The van der Waals surface area contributed by atoms with Crippen LogP contribution in [-0.4, -0.2) is 18.7 Å². The monoisotopic (exact) mass is 336 g/mol. The predicted octanol–water partition coefficient (Wildman–Crippen LogP) is 2.85. The number of urea groups is 1. The summed E-state index contributed by atoms with van der Waals surface area (Å²) in [5.74, 6) is -1.11. The van der Waals surface area contributed by atoms with Crippen LogP contribution in [0.2, 0.25) is 5.02 Å². The molecule has 118 valence electrons. The van der Waals surface area contributed by atoms with Crippen molar-refractivity contribution in [1.29, 1.82) is 0 Å². The van der Waals surface area contributed by atoms with Crippen LogP contribution in [0.1, 0.15) is 5.56 Å². The summed E-state index contributed by atoms with van der Waals surface area (Å²) in [7, 11) is 0. The minimum atomic E-state index is -4.67. The van der Waals surface area contributed by atoms with E-state index in [9.17, 15) is 22.8 Å². The molecule has 0 spiro atoms. The number of alkyl halides is 3. The third-order valence-electron chi connectivity index (χ3n) is 2.45. The lowest BCUT2D eigenvalue weighted by Crippen LogP contribution is -2.35. The van der Waals surface area contributed by atoms with Gasteiger partial charge in [-0.05, 0) is 18.2 Å². The van der Waals surface area contributed by atoms with Crippen molar-refractivity contribution < 1.29 is 32.2 Å². The van der Waals surface area contributed by atoms with Crippen LogP contribution >= 0.6 is 11.6 Å². The molecule has 1 aliphatic rings. The molecule has 1 aromatic rings. The van der Waals surface area contributed by atoms with Crippen molar-refractivity contribution in [2.24, 2.45) is 0 Å². The van der Waals surface area contributed by atoms with Crippen molar-refractivity contribution >= 4 is 29.2 Å². The first-order valence-electron chi connectivity index (χ1n) is 5.71. The first kappa shape index (κ1) is 16.0. The van der Waals surface area contributed by atoms with Crippen molar-refractivity contribution in [3.63, 3.8) is 0 Å². The van der Waals surface area contributed by atoms with E-state index in [0.717, 1.165) is 18.4 Å². The van der Waals surface area contributed by atoms with Gasteiger partial charge in [0.25, 0.3) is 5.91 Å². The van der Waals surface area contributed by atoms with E-state index in [-0.39, 0.29) is 18.2 Å². The molecular formula is C12H8ClF3N2O4. The number of imide groups is 1. The van der Waals surface area contributed by atoms with Gasteiger partial charge in [0.1, 0.15) is 6.26 Å². The SMILES string of the molecule is O=C(NC(=O)C1=COCO1)Nc1ccc(Cl)c(C(F)(F)F)c1. The maximum Gasteiger partial charge on any atom is 0.417 e. The maximum absolute atomic E-state index is 12.7. The number of hydrogen-bond donors (Lipinski definition) is 2. The quantitative estimate of drug-likeness (QED) is 0.870. The van der Waals surface area contributed by atoms with Gasteiger partial charge >= 0.3 is 12.2 Å². The second-order valence-corrected chi connectivity index (χ2v) is 4.42. The van der Waals surface area contributed by atoms with E-state index in [1.807, 2.05) is 5.32 Å². The highest BCUT2D eigenvalue weighted by Gasteiger charge is 2.33. The van der Waals surface area contributed by atoms with E-state index in [4.69, 9.17) is 16.3 Å². The Balaban J connectivity index is 2.04. The number of hydrogen-bond acceptors (Lipinski definition) is 4. The first-order chi connectivity index (χ1) is 10.3. The van der Waals surface area contributed by atoms with Crippen molar-refractivity contribution in [2.75, 3.05) is 12.1 Å². The van der Waals surface area contributed by atoms with E-state index in [2.05, 4.69) is 10.1 Å². The molecule has 1 aromatic carbocycles. The molecule has 1 aliphatic heterocycles. The molecule has 0 saturated carbocycles. The fourth-order valence-electron chi connectivity index (χ4n) is 1.51. The zero-order valence-corrected chi connectivity index (χ0v) is 11.4. The zero-order valence-electron chi connectivity index (χ0n) is 10.7. The highest BCUT2D eigenvalue weighted by molar-refractivity contribution is 6.31. The van der Waals surface area contributed by atoms with E-state index >= 15 is 0 Å². The highest BCUT2D eigenvalue weighted by atomic mass is 35.5. The molecule has 2 N–H and O–H groups in total. The number of ether oxygens (including phenoxy) is 2. The summed E-state index contributed by atoms with van der Waals surface area (Å²) in [4.78, 5) is 23.0. The summed E-state index contributed by atoms with van der Waals surface area (Å²) < 4.78 is 47.4. The smallest absolute Gasteiger partial charge is 0.417 e. The molecule has 22 heavy (non-hydrogen) atoms. The fraction of sp³-hybridized carbons (Fsp3) is 0.167. The lowest BCUT2D eigenvalue weighted by molar-refractivity contribution is -0.137. The van der Waals surface area contributed by atoms with Crippen molar-refractivity contribution in [2.45, 2.75) is 6.18 Å². The van der Waals surface area contributed by atoms with Crippen LogP contribution in [0.5, 0.6) is 0 Å². The molecule has 0 aliphatic carbocycles. The summed E-state index contributed by atoms with van der Waals surface area (Å²) in [5, 5.41) is 3.45. The van der Waals surface area contributed by atoms with Crippen LogP contribution in [0.25, 0.3) is 0 Å². The van der Waals surface area contributed by atoms with E-state index in [0.29, 0.717) is 6.07 Å². The number of amides is 3. The second-order valence-electron chi connectivity index (χ2n) is 4.01. The highest BCUT2D eigenvalue weighted by Crippen LogP contribution is 2.36. The van der Waals surface area contributed by atoms with Crippen LogP contribution in [-0.2, 0) is 20.4 Å². The largest absolute Gasteiger partial charge is 0.461 e. The fourth-order valence-corrected chi connectivity index (χ4v) is 1.73. The van der Waals surface area contributed by atoms with E-state index in [1.165, 1.54) is 0 Å². The molecule has 0 radical (unpaired) electrons. The van der Waals surface area contributed by atoms with Crippen LogP contribution < -0.4 is 10.6 Å². The van der Waals surface area contributed by atoms with Crippen LogP contribution in [0.15, 0.2) is 30.2 Å². The Labute approximate surface area is 126 Å². The number of carbonyl (C=O) groups is 2. The number of rotatable bonds is 2. The molecule has 3 amide bonds. The summed E-state index contributed by atoms with van der Waals surface area (Å²) in [5.41, 5.74) is -1.28. The van der Waals surface area contributed by atoms with Crippen LogP contribution in [0.3, 0.4) is 0 Å². The van der Waals surface area contributed by atoms with Gasteiger partial charge in [0.15, 0.2) is 0 Å². The number of benzene rings is 1. The Morgan fingerprint density at radius 1 is 1.27 bits per heavy atom. The van der Waals surface area contributed by atoms with Gasteiger partial charge in [-0.2, -0.15) is 13.2 Å². The minimum Gasteiger partial charge on any atom is -0.461 e. The molecule has 0 unspecified atom stereocenters. The zero-order chi connectivity index (χ0) is 16.3. The Kier molecular flexibility index (Phi) is 4.45. The maximum atomic E-state index is 12.7. The number of nitrogens with one attached hydrogen (secondary N) is 2. The standard InChI is InChI=1S/C12H8ClF3N2O4/c13-8-2-1-6(3-7(8)12(14,15)16)17-11(20)18-10(19)9-4-21-5-22-9/h1-4H,5H2,(H2,17,18,19,20). The Morgan fingerprint density at radius 2 is 2.00 bits per heavy atom. The lowest BCUT2D eigenvalue weighted by atomic mass is 10.2. The lowest BCUT2D eigenvalue weighted by Gasteiger charge is -2.12. The third kappa shape index (κ3) is 3.82. The second kappa shape index (κ2) is 6.14. The van der Waals surface area contributed by atoms with Crippen molar-refractivity contribution in [1.82, 2.24) is 5.32 Å². The topological polar surface area (TPSA) is 76.7 Å². The predicted molar refractivity (Wildman–Crippen MR) is 68.7 cm³/mol. The average molecular weight is 337 g/mol. The normalized spacial score (nSPS) is 13.7. The molecule has 0 aromatic heterocycles. The molecule has 0 saturated heterocycles. The van der Waals surface area contributed by atoms with Crippen LogP contribution in [0, 0.1) is 0 Å².